The summed E-state index contributed by atoms with van der Waals surface area (Å²) in [5.74, 6) is 0.779. The van der Waals surface area contributed by atoms with Crippen molar-refractivity contribution in [1.82, 2.24) is 4.90 Å². The Labute approximate surface area is 227 Å². The topological polar surface area (TPSA) is 94.5 Å². The van der Waals surface area contributed by atoms with Gasteiger partial charge in [-0.15, -0.1) is 0 Å². The summed E-state index contributed by atoms with van der Waals surface area (Å²) in [6, 6.07) is 23.2. The Bertz CT molecular complexity index is 1120. The molecule has 1 atom stereocenters. The molecule has 3 aromatic carbocycles. The smallest absolute Gasteiger partial charge is 0.415 e. The maximum atomic E-state index is 12.9. The van der Waals surface area contributed by atoms with Crippen molar-refractivity contribution in [3.63, 3.8) is 0 Å². The van der Waals surface area contributed by atoms with Crippen LogP contribution in [0.3, 0.4) is 0 Å². The molecule has 9 heteroatoms. The molecular formula is C29H32ClNO7. The Balaban J connectivity index is 1.53. The number of amides is 1. The van der Waals surface area contributed by atoms with Crippen molar-refractivity contribution in [2.45, 2.75) is 25.9 Å². The second-order valence-corrected chi connectivity index (χ2v) is 8.74. The summed E-state index contributed by atoms with van der Waals surface area (Å²) in [6.45, 7) is 3.48. The summed E-state index contributed by atoms with van der Waals surface area (Å²) in [5.41, 5.74) is 0.824. The third-order valence-electron chi connectivity index (χ3n) is 5.48. The number of carboxylic acids is 1. The molecule has 0 saturated carbocycles. The molecule has 1 N–H and O–H groups in total. The highest BCUT2D eigenvalue weighted by Crippen LogP contribution is 2.18. The van der Waals surface area contributed by atoms with Crippen LogP contribution in [-0.2, 0) is 16.0 Å². The molecule has 1 unspecified atom stereocenters. The van der Waals surface area contributed by atoms with Gasteiger partial charge in [-0.05, 0) is 67.4 Å². The fraction of sp³-hybridized carbons (Fsp3) is 0.310. The number of aliphatic carboxylic acids is 1. The molecular weight excluding hydrogens is 510 g/mol. The molecule has 0 aliphatic heterocycles. The number of carbonyl (C=O) groups excluding carboxylic acids is 1. The molecule has 0 fully saturated rings. The Morgan fingerprint density at radius 1 is 0.842 bits per heavy atom. The minimum atomic E-state index is -0.994. The zero-order valence-electron chi connectivity index (χ0n) is 21.3. The van der Waals surface area contributed by atoms with E-state index >= 15 is 0 Å². The lowest BCUT2D eigenvalue weighted by Crippen LogP contribution is -2.38. The van der Waals surface area contributed by atoms with Gasteiger partial charge in [-0.1, -0.05) is 41.9 Å². The lowest BCUT2D eigenvalue weighted by Gasteiger charge is -2.22. The predicted molar refractivity (Wildman–Crippen MR) is 144 cm³/mol. The number of halogens is 1. The van der Waals surface area contributed by atoms with Crippen LogP contribution in [0.2, 0.25) is 5.02 Å². The van der Waals surface area contributed by atoms with E-state index in [0.717, 1.165) is 11.3 Å². The minimum Gasteiger partial charge on any atom is -0.494 e. The molecule has 38 heavy (non-hydrogen) atoms. The maximum Gasteiger partial charge on any atom is 0.415 e. The average Bonchev–Trinajstić information content (AvgIpc) is 2.92. The van der Waals surface area contributed by atoms with E-state index in [1.807, 2.05) is 30.3 Å². The Kier molecular flexibility index (Phi) is 11.7. The van der Waals surface area contributed by atoms with Crippen LogP contribution < -0.4 is 14.2 Å². The summed E-state index contributed by atoms with van der Waals surface area (Å²) < 4.78 is 22.4. The van der Waals surface area contributed by atoms with Gasteiger partial charge >= 0.3 is 12.1 Å². The first-order valence-corrected chi connectivity index (χ1v) is 12.8. The molecule has 0 aliphatic rings. The van der Waals surface area contributed by atoms with E-state index in [-0.39, 0.29) is 13.0 Å². The third-order valence-corrected chi connectivity index (χ3v) is 5.73. The largest absolute Gasteiger partial charge is 0.494 e. The minimum absolute atomic E-state index is 0.241. The highest BCUT2D eigenvalue weighted by atomic mass is 35.5. The van der Waals surface area contributed by atoms with E-state index in [2.05, 4.69) is 0 Å². The SMILES string of the molecule is CCOC(Cc1ccc(OCCN(CCCOc2ccccc2)C(=O)Oc2ccc(Cl)cc2)cc1)C(=O)O. The standard InChI is InChI=1S/C29H32ClNO7/c1-2-35-27(28(32)33)21-22-9-13-25(14-10-22)37-20-18-31(17-6-19-36-24-7-4-3-5-8-24)29(34)38-26-15-11-23(30)12-16-26/h3-5,7-16,27H,2,6,17-21H2,1H3,(H,32,33). The summed E-state index contributed by atoms with van der Waals surface area (Å²) in [7, 11) is 0. The molecule has 0 bridgehead atoms. The Hall–Kier alpha value is -3.75. The number of hydrogen-bond donors (Lipinski definition) is 1. The van der Waals surface area contributed by atoms with Gasteiger partial charge in [-0.2, -0.15) is 0 Å². The fourth-order valence-electron chi connectivity index (χ4n) is 3.55. The van der Waals surface area contributed by atoms with Crippen molar-refractivity contribution in [2.75, 3.05) is 32.9 Å². The van der Waals surface area contributed by atoms with Crippen molar-refractivity contribution < 1.29 is 33.6 Å². The summed E-state index contributed by atoms with van der Waals surface area (Å²) in [5, 5.41) is 9.82. The molecule has 0 aliphatic carbocycles. The summed E-state index contributed by atoms with van der Waals surface area (Å²) >= 11 is 5.92. The Morgan fingerprint density at radius 2 is 1.47 bits per heavy atom. The van der Waals surface area contributed by atoms with Gasteiger partial charge in [-0.25, -0.2) is 9.59 Å². The summed E-state index contributed by atoms with van der Waals surface area (Å²) in [4.78, 5) is 25.8. The molecule has 0 saturated heterocycles. The van der Waals surface area contributed by atoms with Crippen LogP contribution in [-0.4, -0.2) is 61.1 Å². The Morgan fingerprint density at radius 3 is 2.13 bits per heavy atom. The van der Waals surface area contributed by atoms with Crippen LogP contribution >= 0.6 is 11.6 Å². The van der Waals surface area contributed by atoms with E-state index in [0.29, 0.717) is 49.2 Å². The van der Waals surface area contributed by atoms with Gasteiger partial charge < -0.3 is 29.0 Å². The number of rotatable bonds is 15. The molecule has 0 radical (unpaired) electrons. The average molecular weight is 542 g/mol. The number of nitrogens with zero attached hydrogens (tertiary/aromatic N) is 1. The fourth-order valence-corrected chi connectivity index (χ4v) is 3.68. The number of hydrogen-bond acceptors (Lipinski definition) is 6. The van der Waals surface area contributed by atoms with Crippen LogP contribution in [0.25, 0.3) is 0 Å². The molecule has 8 nitrogen and oxygen atoms in total. The maximum absolute atomic E-state index is 12.9. The number of para-hydroxylation sites is 1. The second kappa shape index (κ2) is 15.5. The predicted octanol–water partition coefficient (Wildman–Crippen LogP) is 5.72. The number of carboxylic acid groups (broad SMARTS) is 1. The first kappa shape index (κ1) is 28.8. The summed E-state index contributed by atoms with van der Waals surface area (Å²) in [6.07, 6.45) is -0.526. The zero-order valence-corrected chi connectivity index (χ0v) is 22.0. The first-order valence-electron chi connectivity index (χ1n) is 12.4. The van der Waals surface area contributed by atoms with Gasteiger partial charge in [0.15, 0.2) is 6.10 Å². The van der Waals surface area contributed by atoms with Crippen molar-refractivity contribution in [3.05, 3.63) is 89.4 Å². The van der Waals surface area contributed by atoms with Crippen molar-refractivity contribution in [1.29, 1.82) is 0 Å². The van der Waals surface area contributed by atoms with Crippen molar-refractivity contribution in [3.8, 4) is 17.2 Å². The highest BCUT2D eigenvalue weighted by Gasteiger charge is 2.18. The molecule has 3 aromatic rings. The molecule has 202 valence electrons. The molecule has 0 heterocycles. The lowest BCUT2D eigenvalue weighted by atomic mass is 10.1. The van der Waals surface area contributed by atoms with Gasteiger partial charge in [-0.3, -0.25) is 0 Å². The van der Waals surface area contributed by atoms with E-state index in [4.69, 9.17) is 30.5 Å². The van der Waals surface area contributed by atoms with E-state index in [1.54, 1.807) is 60.4 Å². The van der Waals surface area contributed by atoms with E-state index in [9.17, 15) is 14.7 Å². The first-order chi connectivity index (χ1) is 18.4. The highest BCUT2D eigenvalue weighted by molar-refractivity contribution is 6.30. The molecule has 3 rings (SSSR count). The van der Waals surface area contributed by atoms with Crippen LogP contribution in [0.1, 0.15) is 18.9 Å². The number of ether oxygens (including phenoxy) is 4. The van der Waals surface area contributed by atoms with Gasteiger partial charge in [0, 0.05) is 24.6 Å². The van der Waals surface area contributed by atoms with Gasteiger partial charge in [0.25, 0.3) is 0 Å². The van der Waals surface area contributed by atoms with Gasteiger partial charge in [0.05, 0.1) is 13.2 Å². The molecule has 0 aromatic heterocycles. The number of carbonyl (C=O) groups is 2. The van der Waals surface area contributed by atoms with E-state index < -0.39 is 18.2 Å². The van der Waals surface area contributed by atoms with Crippen LogP contribution in [0, 0.1) is 0 Å². The van der Waals surface area contributed by atoms with E-state index in [1.165, 1.54) is 0 Å². The van der Waals surface area contributed by atoms with Crippen LogP contribution in [0.4, 0.5) is 4.79 Å². The molecule has 0 spiro atoms. The van der Waals surface area contributed by atoms with Crippen LogP contribution in [0.15, 0.2) is 78.9 Å². The van der Waals surface area contributed by atoms with Gasteiger partial charge in [0.2, 0.25) is 0 Å². The van der Waals surface area contributed by atoms with Crippen molar-refractivity contribution in [2.24, 2.45) is 0 Å². The monoisotopic (exact) mass is 541 g/mol. The van der Waals surface area contributed by atoms with Crippen LogP contribution in [0.5, 0.6) is 17.2 Å². The normalized spacial score (nSPS) is 11.4. The molecule has 1 amide bonds. The lowest BCUT2D eigenvalue weighted by molar-refractivity contribution is -0.149. The van der Waals surface area contributed by atoms with Crippen molar-refractivity contribution >= 4 is 23.7 Å². The second-order valence-electron chi connectivity index (χ2n) is 8.30. The number of benzene rings is 3. The van der Waals surface area contributed by atoms with Gasteiger partial charge in [0.1, 0.15) is 23.9 Å². The zero-order chi connectivity index (χ0) is 27.2. The quantitative estimate of drug-likeness (QED) is 0.246. The third kappa shape index (κ3) is 9.95.